The van der Waals surface area contributed by atoms with E-state index in [1.54, 1.807) is 0 Å². The van der Waals surface area contributed by atoms with Gasteiger partial charge in [-0.25, -0.2) is 0 Å². The Morgan fingerprint density at radius 1 is 1.28 bits per heavy atom. The Morgan fingerprint density at radius 2 is 1.97 bits per heavy atom. The molecule has 0 radical (unpaired) electrons. The van der Waals surface area contributed by atoms with Crippen molar-refractivity contribution in [1.29, 1.82) is 0 Å². The van der Waals surface area contributed by atoms with Crippen LogP contribution in [0.1, 0.15) is 107 Å². The van der Waals surface area contributed by atoms with E-state index in [2.05, 4.69) is 46.7 Å². The summed E-state index contributed by atoms with van der Waals surface area (Å²) in [6.45, 7) is 7.93. The molecular weight excluding hydrogens is 372 g/mol. The highest BCUT2D eigenvalue weighted by atomic mass is 28.4. The zero-order valence-electron chi connectivity index (χ0n) is 25.6. The average Bonchev–Trinajstić information content (AvgIpc) is 3.02. The van der Waals surface area contributed by atoms with Gasteiger partial charge in [0.05, 0.1) is 5.60 Å². The van der Waals surface area contributed by atoms with Crippen molar-refractivity contribution < 1.29 is 17.8 Å². The normalized spacial score (nSPS) is 35.9. The molecule has 2 fully saturated rings. The topological polar surface area (TPSA) is 29.5 Å². The van der Waals surface area contributed by atoms with Gasteiger partial charge in [0, 0.05) is 20.7 Å². The van der Waals surface area contributed by atoms with Gasteiger partial charge >= 0.3 is 0 Å². The van der Waals surface area contributed by atoms with Crippen LogP contribution in [0.3, 0.4) is 0 Å². The molecule has 0 amide bonds. The molecule has 0 heterocycles. The van der Waals surface area contributed by atoms with E-state index in [0.29, 0.717) is 31.1 Å². The van der Waals surface area contributed by atoms with Crippen LogP contribution in [-0.4, -0.2) is 25.1 Å². The Morgan fingerprint density at radius 3 is 2.55 bits per heavy atom. The van der Waals surface area contributed by atoms with E-state index in [4.69, 9.17) is 19.1 Å². The second-order valence-corrected chi connectivity index (χ2v) is 16.3. The molecule has 0 unspecified atom stereocenters. The molecule has 29 heavy (non-hydrogen) atoms. The fourth-order valence-electron chi connectivity index (χ4n) is 5.85. The first-order valence-corrected chi connectivity index (χ1v) is 14.5. The summed E-state index contributed by atoms with van der Waals surface area (Å²) in [5.74, 6) is 3.88. The van der Waals surface area contributed by atoms with Crippen LogP contribution < -0.4 is 0 Å². The number of aliphatic hydroxyl groups is 1. The summed E-state index contributed by atoms with van der Waals surface area (Å²) in [6.07, 6.45) is 12.8. The molecule has 3 heteroatoms. The fraction of sp³-hybridized carbons (Fsp3) is 0.923. The van der Waals surface area contributed by atoms with Crippen molar-refractivity contribution in [2.75, 3.05) is 0 Å². The Balaban J connectivity index is 2.19. The van der Waals surface area contributed by atoms with Gasteiger partial charge < -0.3 is 9.53 Å². The van der Waals surface area contributed by atoms with Crippen molar-refractivity contribution in [3.63, 3.8) is 0 Å². The summed E-state index contributed by atoms with van der Waals surface area (Å²) in [4.78, 5) is 0. The fourth-order valence-corrected chi connectivity index (χ4v) is 7.24. The molecule has 0 bridgehead atoms. The zero-order chi connectivity index (χ0) is 27.1. The molecule has 0 aromatic heterocycles. The molecular formula is C26H48O2Si. The van der Waals surface area contributed by atoms with Crippen molar-refractivity contribution in [2.45, 2.75) is 129 Å². The van der Waals surface area contributed by atoms with Gasteiger partial charge in [-0.1, -0.05) is 40.5 Å². The van der Waals surface area contributed by atoms with Crippen LogP contribution in [0.4, 0.5) is 0 Å². The van der Waals surface area contributed by atoms with Crippen LogP contribution in [0, 0.1) is 35.5 Å². The summed E-state index contributed by atoms with van der Waals surface area (Å²) >= 11 is 0. The number of hydrogen-bond donors (Lipinski definition) is 1. The van der Waals surface area contributed by atoms with Crippen LogP contribution in [0.15, 0.2) is 0 Å². The van der Waals surface area contributed by atoms with Gasteiger partial charge in [-0.15, -0.1) is 12.3 Å². The summed E-state index contributed by atoms with van der Waals surface area (Å²) in [7, 11) is -1.89. The molecule has 2 aliphatic rings. The highest BCUT2D eigenvalue weighted by molar-refractivity contribution is 6.74. The third-order valence-corrected chi connectivity index (χ3v) is 13.0. The average molecular weight is 427 g/mol. The quantitative estimate of drug-likeness (QED) is 0.329. The van der Waals surface area contributed by atoms with Gasteiger partial charge in [0.2, 0.25) is 0 Å². The van der Waals surface area contributed by atoms with Gasteiger partial charge in [0.1, 0.15) is 0 Å². The van der Waals surface area contributed by atoms with Gasteiger partial charge in [-0.3, -0.25) is 0 Å². The molecule has 0 saturated heterocycles. The third kappa shape index (κ3) is 5.90. The summed E-state index contributed by atoms with van der Waals surface area (Å²) in [6, 6.07) is 0. The molecule has 2 aliphatic carbocycles. The maximum atomic E-state index is 10.7. The molecule has 2 saturated carbocycles. The SMILES string of the molecule is [2H]C([2H])([2H])C(O)(CCC[C@H](CC#C)[C@H]1CC[C@H]2[C@@H](O[Si](C)(C)C(C)(C)C)CCC[C@]12C)C([2H])([2H])[2H]. The Bertz CT molecular complexity index is 750. The van der Waals surface area contributed by atoms with Gasteiger partial charge in [-0.2, -0.15) is 0 Å². The minimum Gasteiger partial charge on any atom is -0.414 e. The predicted molar refractivity (Wildman–Crippen MR) is 127 cm³/mol. The molecule has 5 atom stereocenters. The molecule has 0 aliphatic heterocycles. The second kappa shape index (κ2) is 9.05. The maximum absolute atomic E-state index is 10.7. The van der Waals surface area contributed by atoms with Crippen LogP contribution in [0.5, 0.6) is 0 Å². The van der Waals surface area contributed by atoms with E-state index in [1.165, 1.54) is 0 Å². The smallest absolute Gasteiger partial charge is 0.192 e. The second-order valence-electron chi connectivity index (χ2n) is 11.5. The molecule has 2 nitrogen and oxygen atoms in total. The van der Waals surface area contributed by atoms with Crippen molar-refractivity contribution >= 4 is 8.32 Å². The van der Waals surface area contributed by atoms with Crippen molar-refractivity contribution in [3.8, 4) is 12.3 Å². The highest BCUT2D eigenvalue weighted by Gasteiger charge is 2.54. The number of fused-ring (bicyclic) bond motifs is 1. The first-order chi connectivity index (χ1) is 15.7. The largest absolute Gasteiger partial charge is 0.414 e. The minimum absolute atomic E-state index is 0.108. The number of hydrogen-bond acceptors (Lipinski definition) is 2. The maximum Gasteiger partial charge on any atom is 0.192 e. The van der Waals surface area contributed by atoms with Crippen LogP contribution >= 0.6 is 0 Å². The van der Waals surface area contributed by atoms with Gasteiger partial charge in [-0.05, 0) is 93.5 Å². The standard InChI is InChI=1S/C26H48O2Si/c1-10-13-20(14-11-18-25(5,6)27)21-16-17-22-23(15-12-19-26(21,22)7)28-29(8,9)24(2,3)4/h1,20-23,27H,11-19H2,2-9H3/t20-,21+,22-,23-,26+/m0/s1/i5D3,6D3. The van der Waals surface area contributed by atoms with E-state index in [9.17, 15) is 5.11 Å². The number of rotatable bonds is 8. The lowest BCUT2D eigenvalue weighted by Gasteiger charge is -2.50. The van der Waals surface area contributed by atoms with E-state index < -0.39 is 27.6 Å². The van der Waals surface area contributed by atoms with Crippen molar-refractivity contribution in [1.82, 2.24) is 0 Å². The molecule has 0 spiro atoms. The predicted octanol–water partition coefficient (Wildman–Crippen LogP) is 7.17. The van der Waals surface area contributed by atoms with Crippen LogP contribution in [0.2, 0.25) is 18.1 Å². The lowest BCUT2D eigenvalue weighted by Crippen LogP contribution is -2.50. The summed E-state index contributed by atoms with van der Waals surface area (Å²) < 4.78 is 52.8. The molecule has 0 aromatic rings. The molecule has 2 rings (SSSR count). The zero-order valence-corrected chi connectivity index (χ0v) is 20.6. The summed E-state index contributed by atoms with van der Waals surface area (Å²) in [5.41, 5.74) is -2.59. The third-order valence-electron chi connectivity index (χ3n) is 8.45. The Labute approximate surface area is 191 Å². The molecule has 168 valence electrons. The minimum atomic E-state index is -2.97. The first kappa shape index (κ1) is 17.3. The van der Waals surface area contributed by atoms with Gasteiger partial charge in [0.25, 0.3) is 0 Å². The van der Waals surface area contributed by atoms with E-state index in [0.717, 1.165) is 32.1 Å². The van der Waals surface area contributed by atoms with Gasteiger partial charge in [0.15, 0.2) is 8.32 Å². The summed E-state index contributed by atoms with van der Waals surface area (Å²) in [5, 5.41) is 10.8. The number of terminal acetylenes is 1. The first-order valence-electron chi connectivity index (χ1n) is 14.5. The Kier molecular flexibility index (Phi) is 5.39. The van der Waals surface area contributed by atoms with E-state index >= 15 is 0 Å². The van der Waals surface area contributed by atoms with E-state index in [1.807, 2.05) is 0 Å². The molecule has 1 N–H and O–H groups in total. The van der Waals surface area contributed by atoms with Crippen LogP contribution in [-0.2, 0) is 4.43 Å². The Hall–Kier alpha value is -0.303. The lowest BCUT2D eigenvalue weighted by molar-refractivity contribution is -0.0234. The highest BCUT2D eigenvalue weighted by Crippen LogP contribution is 2.60. The van der Waals surface area contributed by atoms with E-state index in [-0.39, 0.29) is 28.9 Å². The lowest BCUT2D eigenvalue weighted by atomic mass is 9.60. The van der Waals surface area contributed by atoms with Crippen LogP contribution in [0.25, 0.3) is 0 Å². The monoisotopic (exact) mass is 426 g/mol. The van der Waals surface area contributed by atoms with Crippen molar-refractivity contribution in [3.05, 3.63) is 0 Å². The molecule has 0 aromatic carbocycles. The van der Waals surface area contributed by atoms with Crippen molar-refractivity contribution in [2.24, 2.45) is 23.2 Å².